The second kappa shape index (κ2) is 2.21. The summed E-state index contributed by atoms with van der Waals surface area (Å²) in [7, 11) is 0. The Kier molecular flexibility index (Phi) is 1.56. The molecule has 0 aromatic rings. The van der Waals surface area contributed by atoms with Crippen molar-refractivity contribution < 1.29 is 8.78 Å². The molecule has 3 aliphatic rings. The molecule has 0 radical (unpaired) electrons. The van der Waals surface area contributed by atoms with Crippen LogP contribution in [-0.2, 0) is 0 Å². The van der Waals surface area contributed by atoms with Crippen LogP contribution in [0.25, 0.3) is 0 Å². The summed E-state index contributed by atoms with van der Waals surface area (Å²) in [6, 6.07) is 0. The molecule has 0 aromatic heterocycles. The topological polar surface area (TPSA) is 0 Å². The third-order valence-corrected chi connectivity index (χ3v) is 3.99. The van der Waals surface area contributed by atoms with Gasteiger partial charge in [-0.25, -0.2) is 8.78 Å². The molecule has 12 heavy (non-hydrogen) atoms. The molecule has 0 N–H and O–H groups in total. The molecule has 0 aromatic carbocycles. The van der Waals surface area contributed by atoms with Crippen LogP contribution in [0.15, 0.2) is 0 Å². The van der Waals surface area contributed by atoms with Crippen molar-refractivity contribution in [3.63, 3.8) is 0 Å². The third kappa shape index (κ3) is 0.929. The van der Waals surface area contributed by atoms with E-state index >= 15 is 0 Å². The van der Waals surface area contributed by atoms with Crippen molar-refractivity contribution in [1.82, 2.24) is 0 Å². The van der Waals surface area contributed by atoms with E-state index in [-0.39, 0.29) is 11.8 Å². The van der Waals surface area contributed by atoms with E-state index in [0.717, 1.165) is 19.3 Å². The van der Waals surface area contributed by atoms with Crippen LogP contribution in [-0.4, -0.2) is 6.43 Å². The highest BCUT2D eigenvalue weighted by atomic mass is 19.3. The first-order valence-corrected chi connectivity index (χ1v) is 4.76. The Balaban J connectivity index is 1.87. The highest BCUT2D eigenvalue weighted by molar-refractivity contribution is 5.17. The van der Waals surface area contributed by atoms with E-state index in [2.05, 4.69) is 13.8 Å². The van der Waals surface area contributed by atoms with E-state index in [9.17, 15) is 8.78 Å². The van der Waals surface area contributed by atoms with Crippen molar-refractivity contribution in [3.8, 4) is 0 Å². The van der Waals surface area contributed by atoms with Crippen LogP contribution in [0.3, 0.4) is 0 Å². The van der Waals surface area contributed by atoms with Gasteiger partial charge in [0.05, 0.1) is 0 Å². The highest BCUT2D eigenvalue weighted by Crippen LogP contribution is 2.77. The number of alkyl halides is 2. The summed E-state index contributed by atoms with van der Waals surface area (Å²) >= 11 is 0. The third-order valence-electron chi connectivity index (χ3n) is 3.99. The second-order valence-electron chi connectivity index (χ2n) is 5.14. The molecule has 0 aliphatic heterocycles. The molecule has 70 valence electrons. The van der Waals surface area contributed by atoms with E-state index in [4.69, 9.17) is 0 Å². The molecule has 0 saturated heterocycles. The average Bonchev–Trinajstić information content (AvgIpc) is 1.72. The Hall–Kier alpha value is -0.140. The number of hydrogen-bond acceptors (Lipinski definition) is 0. The monoisotopic (exact) mass is 174 g/mol. The Bertz CT molecular complexity index is 176. The Morgan fingerprint density at radius 2 is 1.67 bits per heavy atom. The number of hydrogen-bond donors (Lipinski definition) is 0. The van der Waals surface area contributed by atoms with Gasteiger partial charge >= 0.3 is 0 Å². The zero-order valence-corrected chi connectivity index (χ0v) is 7.74. The van der Waals surface area contributed by atoms with Crippen molar-refractivity contribution in [1.29, 1.82) is 0 Å². The number of halogens is 2. The molecule has 3 fully saturated rings. The van der Waals surface area contributed by atoms with Gasteiger partial charge in [0, 0.05) is 6.42 Å². The first-order chi connectivity index (χ1) is 5.48. The fourth-order valence-corrected chi connectivity index (χ4v) is 3.24. The van der Waals surface area contributed by atoms with Crippen molar-refractivity contribution >= 4 is 0 Å². The molecule has 0 spiro atoms. The predicted octanol–water partition coefficient (Wildman–Crippen LogP) is 3.47. The summed E-state index contributed by atoms with van der Waals surface area (Å²) in [6.45, 7) is 4.43. The zero-order valence-electron chi connectivity index (χ0n) is 7.74. The lowest BCUT2D eigenvalue weighted by Gasteiger charge is -2.73. The van der Waals surface area contributed by atoms with Gasteiger partial charge in [0.15, 0.2) is 0 Å². The molecule has 2 bridgehead atoms. The Labute approximate surface area is 72.3 Å². The fourth-order valence-electron chi connectivity index (χ4n) is 3.24. The van der Waals surface area contributed by atoms with Crippen molar-refractivity contribution in [2.45, 2.75) is 46.0 Å². The maximum absolute atomic E-state index is 12.1. The van der Waals surface area contributed by atoms with Crippen molar-refractivity contribution in [3.05, 3.63) is 0 Å². The standard InChI is InChI=1S/C10H16F2/c1-7(2)10-4-9(5-10,6-10)3-8(11)12/h7-8H,3-6H2,1-2H3. The lowest BCUT2D eigenvalue weighted by Crippen LogP contribution is -2.64. The maximum atomic E-state index is 12.1. The van der Waals surface area contributed by atoms with Crippen molar-refractivity contribution in [2.75, 3.05) is 0 Å². The molecule has 0 heterocycles. The van der Waals surface area contributed by atoms with Gasteiger partial charge in [0.25, 0.3) is 0 Å². The van der Waals surface area contributed by atoms with E-state index in [1.807, 2.05) is 0 Å². The van der Waals surface area contributed by atoms with Crippen LogP contribution in [0.5, 0.6) is 0 Å². The summed E-state index contributed by atoms with van der Waals surface area (Å²) in [6.07, 6.45) is 1.28. The molecule has 3 aliphatic carbocycles. The van der Waals surface area contributed by atoms with Gasteiger partial charge in [-0.2, -0.15) is 0 Å². The largest absolute Gasteiger partial charge is 0.239 e. The first-order valence-electron chi connectivity index (χ1n) is 4.76. The van der Waals surface area contributed by atoms with Gasteiger partial charge in [0.1, 0.15) is 0 Å². The zero-order chi connectivity index (χ0) is 8.98. The minimum absolute atomic E-state index is 0.0818. The van der Waals surface area contributed by atoms with E-state index in [1.165, 1.54) is 0 Å². The van der Waals surface area contributed by atoms with Gasteiger partial charge < -0.3 is 0 Å². The highest BCUT2D eigenvalue weighted by Gasteiger charge is 2.68. The average molecular weight is 174 g/mol. The van der Waals surface area contributed by atoms with Gasteiger partial charge in [-0.15, -0.1) is 0 Å². The summed E-state index contributed by atoms with van der Waals surface area (Å²) in [5, 5.41) is 0. The van der Waals surface area contributed by atoms with Crippen LogP contribution in [0.2, 0.25) is 0 Å². The molecule has 0 amide bonds. The predicted molar refractivity (Wildman–Crippen MR) is 44.2 cm³/mol. The van der Waals surface area contributed by atoms with Crippen LogP contribution in [0, 0.1) is 16.7 Å². The minimum Gasteiger partial charge on any atom is -0.211 e. The van der Waals surface area contributed by atoms with E-state index in [0.29, 0.717) is 11.3 Å². The second-order valence-corrected chi connectivity index (χ2v) is 5.14. The quantitative estimate of drug-likeness (QED) is 0.614. The van der Waals surface area contributed by atoms with E-state index < -0.39 is 6.43 Å². The lowest BCUT2D eigenvalue weighted by atomic mass is 9.31. The molecule has 0 unspecified atom stereocenters. The van der Waals surface area contributed by atoms with Crippen LogP contribution in [0.4, 0.5) is 8.78 Å². The van der Waals surface area contributed by atoms with Gasteiger partial charge in [-0.1, -0.05) is 13.8 Å². The summed E-state index contributed by atoms with van der Waals surface area (Å²) < 4.78 is 24.2. The molecule has 0 atom stereocenters. The van der Waals surface area contributed by atoms with Gasteiger partial charge in [-0.05, 0) is 36.0 Å². The van der Waals surface area contributed by atoms with Crippen molar-refractivity contribution in [2.24, 2.45) is 16.7 Å². The Morgan fingerprint density at radius 1 is 1.17 bits per heavy atom. The van der Waals surface area contributed by atoms with Crippen LogP contribution >= 0.6 is 0 Å². The van der Waals surface area contributed by atoms with E-state index in [1.54, 1.807) is 0 Å². The van der Waals surface area contributed by atoms with Crippen LogP contribution < -0.4 is 0 Å². The van der Waals surface area contributed by atoms with Gasteiger partial charge in [-0.3, -0.25) is 0 Å². The van der Waals surface area contributed by atoms with Crippen LogP contribution in [0.1, 0.15) is 39.5 Å². The molecule has 3 saturated carbocycles. The summed E-state index contributed by atoms with van der Waals surface area (Å²) in [5.74, 6) is 0.692. The maximum Gasteiger partial charge on any atom is 0.239 e. The fraction of sp³-hybridized carbons (Fsp3) is 1.00. The molecular weight excluding hydrogens is 158 g/mol. The summed E-state index contributed by atoms with van der Waals surface area (Å²) in [4.78, 5) is 0. The molecule has 3 rings (SSSR count). The molecule has 2 heteroatoms. The SMILES string of the molecule is CC(C)C12CC(CC(F)F)(C1)C2. The molecular formula is C10H16F2. The first kappa shape index (κ1) is 8.46. The smallest absolute Gasteiger partial charge is 0.211 e. The minimum atomic E-state index is -2.09. The Morgan fingerprint density at radius 3 is 2.00 bits per heavy atom. The normalized spacial score (nSPS) is 44.5. The lowest BCUT2D eigenvalue weighted by molar-refractivity contribution is -0.244. The van der Waals surface area contributed by atoms with Gasteiger partial charge in [0.2, 0.25) is 6.43 Å². The molecule has 0 nitrogen and oxygen atoms in total. The summed E-state index contributed by atoms with van der Waals surface area (Å²) in [5.41, 5.74) is 0.563. The number of rotatable bonds is 3.